The Morgan fingerprint density at radius 3 is 1.87 bits per heavy atom. The van der Waals surface area contributed by atoms with Gasteiger partial charge in [0.2, 0.25) is 5.91 Å². The Bertz CT molecular complexity index is 1150. The van der Waals surface area contributed by atoms with E-state index in [1.54, 1.807) is 9.80 Å². The van der Waals surface area contributed by atoms with Gasteiger partial charge in [0.1, 0.15) is 6.04 Å². The minimum atomic E-state index is -1.10. The van der Waals surface area contributed by atoms with E-state index in [1.807, 2.05) is 13.8 Å². The molecule has 1 fully saturated rings. The molecular formula is C38H66BN3O13. The van der Waals surface area contributed by atoms with Gasteiger partial charge in [0.25, 0.3) is 0 Å². The molecule has 16 nitrogen and oxygen atoms in total. The molecule has 0 bridgehead atoms. The zero-order valence-electron chi connectivity index (χ0n) is 33.0. The van der Waals surface area contributed by atoms with Crippen LogP contribution in [0.25, 0.3) is 0 Å². The molecule has 55 heavy (non-hydrogen) atoms. The van der Waals surface area contributed by atoms with E-state index in [1.165, 1.54) is 0 Å². The van der Waals surface area contributed by atoms with E-state index in [0.717, 1.165) is 19.3 Å². The SMILES string of the molecule is [B]C(=O)CCOCCOCCOCCNC(=O)CCC(C(=O)O)N1CCCC(CC(=O)O)C(CC)CCCC(CC(=O)O)C(C)CCCN(CC(=O)O)CC1. The highest BCUT2D eigenvalue weighted by atomic mass is 16.5. The van der Waals surface area contributed by atoms with Gasteiger partial charge in [-0.05, 0) is 75.3 Å². The molecule has 1 amide bonds. The molecule has 0 saturated carbocycles. The van der Waals surface area contributed by atoms with Crippen LogP contribution >= 0.6 is 0 Å². The Kier molecular flexibility index (Phi) is 27.3. The van der Waals surface area contributed by atoms with Crippen LogP contribution in [0.15, 0.2) is 0 Å². The van der Waals surface area contributed by atoms with Crippen LogP contribution < -0.4 is 5.32 Å². The summed E-state index contributed by atoms with van der Waals surface area (Å²) in [5.74, 6) is -4.20. The number of rotatable bonds is 24. The molecule has 0 spiro atoms. The lowest BCUT2D eigenvalue weighted by Crippen LogP contribution is -2.47. The molecule has 314 valence electrons. The fraction of sp³-hybridized carbons (Fsp3) is 0.842. The lowest BCUT2D eigenvalue weighted by Gasteiger charge is -2.32. The summed E-state index contributed by atoms with van der Waals surface area (Å²) in [6.07, 6.45) is 5.60. The molecule has 17 heteroatoms. The minimum absolute atomic E-state index is 0.0201. The molecule has 2 radical (unpaired) electrons. The summed E-state index contributed by atoms with van der Waals surface area (Å²) < 4.78 is 16.1. The molecule has 5 N–H and O–H groups in total. The zero-order valence-corrected chi connectivity index (χ0v) is 33.0. The Morgan fingerprint density at radius 2 is 1.27 bits per heavy atom. The van der Waals surface area contributed by atoms with Crippen molar-refractivity contribution in [3.05, 3.63) is 0 Å². The van der Waals surface area contributed by atoms with Crippen molar-refractivity contribution in [1.29, 1.82) is 0 Å². The number of ether oxygens (including phenoxy) is 3. The Morgan fingerprint density at radius 1 is 0.691 bits per heavy atom. The summed E-state index contributed by atoms with van der Waals surface area (Å²) >= 11 is 0. The van der Waals surface area contributed by atoms with Crippen molar-refractivity contribution in [2.75, 3.05) is 78.9 Å². The minimum Gasteiger partial charge on any atom is -0.481 e. The van der Waals surface area contributed by atoms with Crippen LogP contribution in [-0.4, -0.2) is 158 Å². The number of aliphatic carboxylic acids is 4. The average Bonchev–Trinajstić information content (AvgIpc) is 3.10. The second-order valence-corrected chi connectivity index (χ2v) is 14.6. The fourth-order valence-corrected chi connectivity index (χ4v) is 7.34. The van der Waals surface area contributed by atoms with E-state index < -0.39 is 35.6 Å². The predicted octanol–water partition coefficient (Wildman–Crippen LogP) is 2.75. The van der Waals surface area contributed by atoms with Gasteiger partial charge in [0.15, 0.2) is 7.85 Å². The maximum absolute atomic E-state index is 12.7. The summed E-state index contributed by atoms with van der Waals surface area (Å²) in [7, 11) is 5.04. The van der Waals surface area contributed by atoms with Crippen molar-refractivity contribution in [2.24, 2.45) is 23.7 Å². The van der Waals surface area contributed by atoms with E-state index in [9.17, 15) is 49.2 Å². The maximum Gasteiger partial charge on any atom is 0.320 e. The molecule has 0 aromatic carbocycles. The Hall–Kier alpha value is -3.12. The predicted molar refractivity (Wildman–Crippen MR) is 204 cm³/mol. The first-order valence-electron chi connectivity index (χ1n) is 19.9. The van der Waals surface area contributed by atoms with Crippen molar-refractivity contribution >= 4 is 43.3 Å². The molecule has 1 saturated heterocycles. The monoisotopic (exact) mass is 783 g/mol. The van der Waals surface area contributed by atoms with Crippen molar-refractivity contribution in [1.82, 2.24) is 15.1 Å². The topological polar surface area (TPSA) is 230 Å². The van der Waals surface area contributed by atoms with Crippen LogP contribution in [0, 0.1) is 23.7 Å². The molecule has 1 rings (SSSR count). The number of nitrogens with one attached hydrogen (secondary N) is 1. The van der Waals surface area contributed by atoms with E-state index in [2.05, 4.69) is 5.32 Å². The number of carbonyl (C=O) groups excluding carboxylic acids is 2. The van der Waals surface area contributed by atoms with Gasteiger partial charge >= 0.3 is 23.9 Å². The zero-order chi connectivity index (χ0) is 41.0. The Labute approximate surface area is 327 Å². The van der Waals surface area contributed by atoms with Gasteiger partial charge in [0.05, 0.1) is 51.9 Å². The molecule has 1 aliphatic heterocycles. The molecule has 1 aliphatic rings. The number of carboxylic acids is 4. The first-order chi connectivity index (χ1) is 26.2. The lowest BCUT2D eigenvalue weighted by atomic mass is 9.78. The number of carboxylic acid groups (broad SMARTS) is 4. The molecule has 1 heterocycles. The van der Waals surface area contributed by atoms with Gasteiger partial charge in [-0.2, -0.15) is 0 Å². The average molecular weight is 784 g/mol. The summed E-state index contributed by atoms with van der Waals surface area (Å²) in [5, 5.41) is 42.1. The van der Waals surface area contributed by atoms with Gasteiger partial charge in [-0.15, -0.1) is 0 Å². The first kappa shape index (κ1) is 49.9. The van der Waals surface area contributed by atoms with Gasteiger partial charge in [-0.25, -0.2) is 0 Å². The fourth-order valence-electron chi connectivity index (χ4n) is 7.34. The van der Waals surface area contributed by atoms with Gasteiger partial charge in [-0.3, -0.25) is 33.8 Å². The van der Waals surface area contributed by atoms with E-state index >= 15 is 0 Å². The van der Waals surface area contributed by atoms with Crippen molar-refractivity contribution in [3.63, 3.8) is 0 Å². The highest BCUT2D eigenvalue weighted by molar-refractivity contribution is 6.57. The van der Waals surface area contributed by atoms with Crippen molar-refractivity contribution in [3.8, 4) is 0 Å². The van der Waals surface area contributed by atoms with Gasteiger partial charge in [-0.1, -0.05) is 33.1 Å². The summed E-state index contributed by atoms with van der Waals surface area (Å²) in [4.78, 5) is 75.0. The van der Waals surface area contributed by atoms with Gasteiger partial charge < -0.3 is 44.7 Å². The van der Waals surface area contributed by atoms with Crippen LogP contribution in [-0.2, 0) is 43.0 Å². The summed E-state index contributed by atoms with van der Waals surface area (Å²) in [5.41, 5.74) is -0.434. The normalized spacial score (nSPS) is 21.9. The highest BCUT2D eigenvalue weighted by Gasteiger charge is 2.29. The molecule has 5 unspecified atom stereocenters. The van der Waals surface area contributed by atoms with E-state index in [4.69, 9.17) is 22.1 Å². The lowest BCUT2D eigenvalue weighted by molar-refractivity contribution is -0.144. The maximum atomic E-state index is 12.7. The quantitative estimate of drug-likeness (QED) is 0.0700. The Balaban J connectivity index is 2.92. The molecule has 0 aliphatic carbocycles. The number of carbonyl (C=O) groups is 6. The van der Waals surface area contributed by atoms with Crippen LogP contribution in [0.5, 0.6) is 0 Å². The molecule has 0 aromatic rings. The number of nitrogens with zero attached hydrogens (tertiary/aromatic N) is 2. The van der Waals surface area contributed by atoms with Crippen LogP contribution in [0.3, 0.4) is 0 Å². The third-order valence-electron chi connectivity index (χ3n) is 10.4. The third kappa shape index (κ3) is 24.9. The molecular weight excluding hydrogens is 717 g/mol. The molecule has 5 atom stereocenters. The molecule has 0 aromatic heterocycles. The highest BCUT2D eigenvalue weighted by Crippen LogP contribution is 2.32. The number of amides is 1. The second-order valence-electron chi connectivity index (χ2n) is 14.6. The summed E-state index contributed by atoms with van der Waals surface area (Å²) in [6.45, 7) is 7.06. The first-order valence-corrected chi connectivity index (χ1v) is 19.9. The number of hydrogen-bond acceptors (Lipinski definition) is 11. The number of hydrogen-bond donors (Lipinski definition) is 5. The van der Waals surface area contributed by atoms with Crippen LogP contribution in [0.1, 0.15) is 97.3 Å². The van der Waals surface area contributed by atoms with Crippen LogP contribution in [0.4, 0.5) is 0 Å². The second kappa shape index (κ2) is 30.1. The third-order valence-corrected chi connectivity index (χ3v) is 10.4. The van der Waals surface area contributed by atoms with E-state index in [0.29, 0.717) is 71.6 Å². The van der Waals surface area contributed by atoms with Crippen molar-refractivity contribution in [2.45, 2.75) is 103 Å². The summed E-state index contributed by atoms with van der Waals surface area (Å²) in [6, 6.07) is -1.02. The van der Waals surface area contributed by atoms with Gasteiger partial charge in [0, 0.05) is 45.3 Å². The van der Waals surface area contributed by atoms with Crippen molar-refractivity contribution < 1.29 is 63.4 Å². The largest absolute Gasteiger partial charge is 0.481 e. The smallest absolute Gasteiger partial charge is 0.320 e. The van der Waals surface area contributed by atoms with Crippen LogP contribution in [0.2, 0.25) is 0 Å². The van der Waals surface area contributed by atoms with E-state index in [-0.39, 0.29) is 101 Å². The standard InChI is InChI=1S/C38H66BN3O13/c1-3-29-8-4-9-30(25-35(45)46)28(2)7-5-15-41(27-37(49)50)17-18-42(16-6-10-31(29)26-36(47)48)32(38(51)52)11-12-34(44)40-14-20-54-22-24-55-23-21-53-19-13-33(39)43/h28-32H,3-27H2,1-2H3,(H,40,44)(H,45,46)(H,47,48)(H,49,50)(H,51,52).